The van der Waals surface area contributed by atoms with Crippen LogP contribution in [0.15, 0.2) is 48.6 Å². The molecule has 78 heavy (non-hydrogen) atoms. The van der Waals surface area contributed by atoms with Crippen LogP contribution in [0.2, 0.25) is 0 Å². The number of carbonyl (C=O) groups is 3. The Balaban J connectivity index is 4.16. The molecule has 1 unspecified atom stereocenters. The van der Waals surface area contributed by atoms with Crippen molar-refractivity contribution in [2.75, 3.05) is 13.2 Å². The predicted octanol–water partition coefficient (Wildman–Crippen LogP) is 23.7. The highest BCUT2D eigenvalue weighted by Gasteiger charge is 2.19. The van der Waals surface area contributed by atoms with Gasteiger partial charge >= 0.3 is 17.9 Å². The first-order chi connectivity index (χ1) is 38.5. The molecule has 0 heterocycles. The first-order valence-electron chi connectivity index (χ1n) is 34.6. The number of ether oxygens (including phenoxy) is 3. The van der Waals surface area contributed by atoms with Crippen molar-refractivity contribution in [2.24, 2.45) is 0 Å². The molecule has 0 saturated heterocycles. The van der Waals surface area contributed by atoms with Crippen LogP contribution in [0.5, 0.6) is 0 Å². The van der Waals surface area contributed by atoms with E-state index in [2.05, 4.69) is 69.4 Å². The van der Waals surface area contributed by atoms with Gasteiger partial charge in [-0.15, -0.1) is 0 Å². The minimum atomic E-state index is -0.775. The average Bonchev–Trinajstić information content (AvgIpc) is 3.44. The van der Waals surface area contributed by atoms with Gasteiger partial charge in [0.25, 0.3) is 0 Å². The molecule has 1 atom stereocenters. The Bertz CT molecular complexity index is 1350. The van der Waals surface area contributed by atoms with Gasteiger partial charge in [-0.05, 0) is 83.5 Å². The molecule has 0 bridgehead atoms. The van der Waals surface area contributed by atoms with Crippen LogP contribution >= 0.6 is 0 Å². The molecule has 0 aromatic carbocycles. The van der Waals surface area contributed by atoms with Crippen LogP contribution in [-0.4, -0.2) is 37.2 Å². The summed E-state index contributed by atoms with van der Waals surface area (Å²) in [6.07, 6.45) is 84.2. The number of unbranched alkanes of at least 4 members (excludes halogenated alkanes) is 45. The fraction of sp³-hybridized carbons (Fsp3) is 0.847. The van der Waals surface area contributed by atoms with Crippen LogP contribution in [0.1, 0.15) is 374 Å². The van der Waals surface area contributed by atoms with Gasteiger partial charge in [0.05, 0.1) is 0 Å². The summed E-state index contributed by atoms with van der Waals surface area (Å²) in [6, 6.07) is 0. The van der Waals surface area contributed by atoms with E-state index in [1.165, 1.54) is 257 Å². The fourth-order valence-corrected chi connectivity index (χ4v) is 10.3. The van der Waals surface area contributed by atoms with E-state index in [0.29, 0.717) is 19.3 Å². The molecule has 6 heteroatoms. The van der Waals surface area contributed by atoms with Gasteiger partial charge in [0.1, 0.15) is 13.2 Å². The van der Waals surface area contributed by atoms with E-state index in [4.69, 9.17) is 14.2 Å². The lowest BCUT2D eigenvalue weighted by Crippen LogP contribution is -2.30. The summed E-state index contributed by atoms with van der Waals surface area (Å²) < 4.78 is 17.0. The predicted molar refractivity (Wildman–Crippen MR) is 339 cm³/mol. The Morgan fingerprint density at radius 3 is 0.731 bits per heavy atom. The van der Waals surface area contributed by atoms with Crippen molar-refractivity contribution in [2.45, 2.75) is 380 Å². The van der Waals surface area contributed by atoms with E-state index in [1.54, 1.807) is 0 Å². The third-order valence-electron chi connectivity index (χ3n) is 15.6. The van der Waals surface area contributed by atoms with Crippen LogP contribution in [0.3, 0.4) is 0 Å². The van der Waals surface area contributed by atoms with Crippen LogP contribution in [0.4, 0.5) is 0 Å². The van der Waals surface area contributed by atoms with E-state index >= 15 is 0 Å². The normalized spacial score (nSPS) is 12.3. The van der Waals surface area contributed by atoms with Crippen LogP contribution in [0.25, 0.3) is 0 Å². The van der Waals surface area contributed by atoms with Crippen molar-refractivity contribution >= 4 is 17.9 Å². The van der Waals surface area contributed by atoms with Crippen LogP contribution < -0.4 is 0 Å². The molecule has 0 fully saturated rings. The molecule has 0 aliphatic heterocycles. The molecule has 0 N–H and O–H groups in total. The summed E-state index contributed by atoms with van der Waals surface area (Å²) in [6.45, 7) is 6.67. The second-order valence-corrected chi connectivity index (χ2v) is 23.4. The lowest BCUT2D eigenvalue weighted by molar-refractivity contribution is -0.167. The molecule has 0 aliphatic carbocycles. The van der Waals surface area contributed by atoms with Gasteiger partial charge in [0, 0.05) is 19.3 Å². The quantitative estimate of drug-likeness (QED) is 0.0261. The van der Waals surface area contributed by atoms with Gasteiger partial charge in [-0.1, -0.05) is 320 Å². The Hall–Kier alpha value is -2.63. The molecule has 456 valence electrons. The molecule has 0 aliphatic rings. The maximum absolute atomic E-state index is 12.9. The Labute approximate surface area is 486 Å². The highest BCUT2D eigenvalue weighted by molar-refractivity contribution is 5.71. The zero-order valence-corrected chi connectivity index (χ0v) is 52.5. The lowest BCUT2D eigenvalue weighted by atomic mass is 10.0. The maximum atomic E-state index is 12.9. The summed E-state index contributed by atoms with van der Waals surface area (Å²) in [7, 11) is 0. The second kappa shape index (κ2) is 66.9. The number of rotatable bonds is 64. The van der Waals surface area contributed by atoms with Gasteiger partial charge in [-0.2, -0.15) is 0 Å². The van der Waals surface area contributed by atoms with Gasteiger partial charge in [0.15, 0.2) is 6.10 Å². The third kappa shape index (κ3) is 64.2. The first kappa shape index (κ1) is 75.4. The van der Waals surface area contributed by atoms with E-state index < -0.39 is 6.10 Å². The van der Waals surface area contributed by atoms with E-state index in [-0.39, 0.29) is 31.1 Å². The van der Waals surface area contributed by atoms with Gasteiger partial charge in [-0.25, -0.2) is 0 Å². The Kier molecular flexibility index (Phi) is 64.6. The summed E-state index contributed by atoms with van der Waals surface area (Å²) in [5.74, 6) is -0.855. The van der Waals surface area contributed by atoms with Gasteiger partial charge in [-0.3, -0.25) is 14.4 Å². The molecule has 0 aromatic heterocycles. The average molecular weight is 1090 g/mol. The molecular weight excluding hydrogens is 961 g/mol. The zero-order chi connectivity index (χ0) is 56.4. The highest BCUT2D eigenvalue weighted by Crippen LogP contribution is 2.18. The summed E-state index contributed by atoms with van der Waals surface area (Å²) in [5.41, 5.74) is 0. The lowest BCUT2D eigenvalue weighted by Gasteiger charge is -2.18. The number of hydrogen-bond donors (Lipinski definition) is 0. The van der Waals surface area contributed by atoms with Crippen molar-refractivity contribution in [1.82, 2.24) is 0 Å². The van der Waals surface area contributed by atoms with Crippen molar-refractivity contribution in [3.05, 3.63) is 48.6 Å². The van der Waals surface area contributed by atoms with E-state index in [1.807, 2.05) is 0 Å². The molecular formula is C72H132O6. The number of allylic oxidation sites excluding steroid dienone is 8. The smallest absolute Gasteiger partial charge is 0.306 e. The molecule has 0 amide bonds. The van der Waals surface area contributed by atoms with Crippen molar-refractivity contribution < 1.29 is 28.6 Å². The topological polar surface area (TPSA) is 78.9 Å². The van der Waals surface area contributed by atoms with Crippen molar-refractivity contribution in [3.8, 4) is 0 Å². The highest BCUT2D eigenvalue weighted by atomic mass is 16.6. The maximum Gasteiger partial charge on any atom is 0.306 e. The van der Waals surface area contributed by atoms with Crippen molar-refractivity contribution in [3.63, 3.8) is 0 Å². The minimum Gasteiger partial charge on any atom is -0.462 e. The summed E-state index contributed by atoms with van der Waals surface area (Å²) in [5, 5.41) is 0. The van der Waals surface area contributed by atoms with E-state index in [0.717, 1.165) is 77.0 Å². The SMILES string of the molecule is CCCCCCC/C=C\C/C=C\C/C=C\CCCCCCCCCCCCCCCCCCC(=O)OCC(COC(=O)CCCCCCCCCCCCCCCC)OC(=O)CCCCCCC/C=C\CCCCCCCC. The van der Waals surface area contributed by atoms with Crippen LogP contribution in [-0.2, 0) is 28.6 Å². The molecule has 0 spiro atoms. The number of esters is 3. The number of carbonyl (C=O) groups excluding carboxylic acids is 3. The van der Waals surface area contributed by atoms with Gasteiger partial charge < -0.3 is 14.2 Å². The first-order valence-corrected chi connectivity index (χ1v) is 34.6. The standard InChI is InChI=1S/C72H132O6/c1-4-7-10-13-16-19-22-25-28-29-30-31-32-33-34-35-36-37-38-39-40-41-42-43-45-47-50-53-56-59-62-65-71(74)77-68-69(67-76-70(73)64-61-58-55-52-49-46-27-24-21-18-15-12-9-6-3)78-72(75)66-63-60-57-54-51-48-44-26-23-20-17-14-11-8-5-2/h22,25-26,29-30,32-33,44,69H,4-21,23-24,27-28,31,34-43,45-68H2,1-3H3/b25-22-,30-29-,33-32-,44-26-. The molecule has 0 saturated carbocycles. The van der Waals surface area contributed by atoms with E-state index in [9.17, 15) is 14.4 Å². The van der Waals surface area contributed by atoms with Crippen LogP contribution in [0, 0.1) is 0 Å². The number of hydrogen-bond acceptors (Lipinski definition) is 6. The summed E-state index contributed by atoms with van der Waals surface area (Å²) >= 11 is 0. The molecule has 0 aromatic rings. The minimum absolute atomic E-state index is 0.0710. The zero-order valence-electron chi connectivity index (χ0n) is 52.5. The van der Waals surface area contributed by atoms with Gasteiger partial charge in [0.2, 0.25) is 0 Å². The molecule has 0 rings (SSSR count). The van der Waals surface area contributed by atoms with Crippen molar-refractivity contribution in [1.29, 1.82) is 0 Å². The largest absolute Gasteiger partial charge is 0.462 e. The third-order valence-corrected chi connectivity index (χ3v) is 15.6. The molecule has 6 nitrogen and oxygen atoms in total. The summed E-state index contributed by atoms with van der Waals surface area (Å²) in [4.78, 5) is 38.3. The Morgan fingerprint density at radius 2 is 0.462 bits per heavy atom. The second-order valence-electron chi connectivity index (χ2n) is 23.4. The fourth-order valence-electron chi connectivity index (χ4n) is 10.3. The Morgan fingerprint density at radius 1 is 0.256 bits per heavy atom. The molecule has 0 radical (unpaired) electrons. The monoisotopic (exact) mass is 1090 g/mol.